The number of hydrogen-bond acceptors (Lipinski definition) is 4. The summed E-state index contributed by atoms with van der Waals surface area (Å²) in [6.07, 6.45) is 2.22. The molecule has 1 atom stereocenters. The molecule has 0 radical (unpaired) electrons. The van der Waals surface area contributed by atoms with E-state index in [9.17, 15) is 0 Å². The number of thiazole rings is 1. The van der Waals surface area contributed by atoms with Gasteiger partial charge in [0.2, 0.25) is 0 Å². The zero-order chi connectivity index (χ0) is 11.8. The number of hydrogen-bond donors (Lipinski definition) is 1. The summed E-state index contributed by atoms with van der Waals surface area (Å²) in [6.45, 7) is 8.95. The van der Waals surface area contributed by atoms with Gasteiger partial charge in [-0.3, -0.25) is 0 Å². The van der Waals surface area contributed by atoms with E-state index in [1.54, 1.807) is 11.3 Å². The summed E-state index contributed by atoms with van der Waals surface area (Å²) in [5, 5.41) is 6.63. The molecule has 1 aromatic heterocycles. The smallest absolute Gasteiger partial charge is 0.119 e. The Hall–Kier alpha value is -0.450. The minimum Gasteiger partial charge on any atom is -0.374 e. The summed E-state index contributed by atoms with van der Waals surface area (Å²) in [7, 11) is 0. The maximum atomic E-state index is 5.47. The minimum atomic E-state index is 0.344. The van der Waals surface area contributed by atoms with Gasteiger partial charge in [-0.15, -0.1) is 11.3 Å². The highest BCUT2D eigenvalue weighted by molar-refractivity contribution is 7.09. The Morgan fingerprint density at radius 1 is 1.44 bits per heavy atom. The van der Waals surface area contributed by atoms with Crippen LogP contribution in [0.4, 0.5) is 0 Å². The number of aromatic nitrogens is 1. The SMILES string of the molecule is CCCNC(C)c1csc(COCCC)n1. The summed E-state index contributed by atoms with van der Waals surface area (Å²) in [5.74, 6) is 0. The quantitative estimate of drug-likeness (QED) is 0.711. The molecule has 0 aromatic carbocycles. The minimum absolute atomic E-state index is 0.344. The molecule has 1 unspecified atom stereocenters. The Labute approximate surface area is 102 Å². The van der Waals surface area contributed by atoms with E-state index in [0.717, 1.165) is 36.7 Å². The van der Waals surface area contributed by atoms with Gasteiger partial charge >= 0.3 is 0 Å². The molecule has 0 bridgehead atoms. The van der Waals surface area contributed by atoms with Crippen LogP contribution in [0.15, 0.2) is 5.38 Å². The van der Waals surface area contributed by atoms with Crippen LogP contribution in [0.5, 0.6) is 0 Å². The highest BCUT2D eigenvalue weighted by atomic mass is 32.1. The van der Waals surface area contributed by atoms with Gasteiger partial charge in [-0.25, -0.2) is 4.98 Å². The van der Waals surface area contributed by atoms with Crippen molar-refractivity contribution in [3.63, 3.8) is 0 Å². The fourth-order valence-corrected chi connectivity index (χ4v) is 2.18. The highest BCUT2D eigenvalue weighted by Gasteiger charge is 2.08. The fraction of sp³-hybridized carbons (Fsp3) is 0.750. The molecule has 0 saturated carbocycles. The van der Waals surface area contributed by atoms with Crippen LogP contribution >= 0.6 is 11.3 Å². The van der Waals surface area contributed by atoms with Crippen molar-refractivity contribution in [2.24, 2.45) is 0 Å². The lowest BCUT2D eigenvalue weighted by Crippen LogP contribution is -2.19. The van der Waals surface area contributed by atoms with Crippen molar-refractivity contribution in [1.82, 2.24) is 10.3 Å². The van der Waals surface area contributed by atoms with E-state index in [1.807, 2.05) is 0 Å². The van der Waals surface area contributed by atoms with Crippen LogP contribution in [0.3, 0.4) is 0 Å². The maximum absolute atomic E-state index is 5.47. The van der Waals surface area contributed by atoms with Crippen LogP contribution in [-0.4, -0.2) is 18.1 Å². The van der Waals surface area contributed by atoms with Gasteiger partial charge in [-0.05, 0) is 26.3 Å². The molecule has 0 spiro atoms. The Balaban J connectivity index is 2.37. The van der Waals surface area contributed by atoms with Gasteiger partial charge in [0.15, 0.2) is 0 Å². The Kier molecular flexibility index (Phi) is 6.61. The average molecular weight is 242 g/mol. The molecular formula is C12H22N2OS. The van der Waals surface area contributed by atoms with E-state index >= 15 is 0 Å². The van der Waals surface area contributed by atoms with E-state index in [4.69, 9.17) is 4.74 Å². The molecule has 0 amide bonds. The van der Waals surface area contributed by atoms with E-state index < -0.39 is 0 Å². The predicted octanol–water partition coefficient (Wildman–Crippen LogP) is 3.13. The summed E-state index contributed by atoms with van der Waals surface area (Å²) in [4.78, 5) is 4.57. The number of nitrogens with one attached hydrogen (secondary N) is 1. The zero-order valence-electron chi connectivity index (χ0n) is 10.5. The molecule has 4 heteroatoms. The van der Waals surface area contributed by atoms with Crippen LogP contribution in [-0.2, 0) is 11.3 Å². The topological polar surface area (TPSA) is 34.1 Å². The second-order valence-electron chi connectivity index (χ2n) is 3.89. The Morgan fingerprint density at radius 2 is 2.25 bits per heavy atom. The Bertz CT molecular complexity index is 288. The third kappa shape index (κ3) is 4.60. The second-order valence-corrected chi connectivity index (χ2v) is 4.84. The van der Waals surface area contributed by atoms with Crippen molar-refractivity contribution in [2.45, 2.75) is 46.3 Å². The lowest BCUT2D eigenvalue weighted by Gasteiger charge is -2.09. The van der Waals surface area contributed by atoms with Crippen LogP contribution in [0.1, 0.15) is 50.4 Å². The number of ether oxygens (including phenoxy) is 1. The molecule has 16 heavy (non-hydrogen) atoms. The average Bonchev–Trinajstić information content (AvgIpc) is 2.75. The number of nitrogens with zero attached hydrogens (tertiary/aromatic N) is 1. The van der Waals surface area contributed by atoms with Crippen molar-refractivity contribution >= 4 is 11.3 Å². The predicted molar refractivity (Wildman–Crippen MR) is 68.8 cm³/mol. The molecule has 92 valence electrons. The zero-order valence-corrected chi connectivity index (χ0v) is 11.3. The van der Waals surface area contributed by atoms with Crippen molar-refractivity contribution < 1.29 is 4.74 Å². The van der Waals surface area contributed by atoms with Crippen LogP contribution < -0.4 is 5.32 Å². The summed E-state index contributed by atoms with van der Waals surface area (Å²) in [6, 6.07) is 0.344. The van der Waals surface area contributed by atoms with Gasteiger partial charge < -0.3 is 10.1 Å². The molecule has 3 nitrogen and oxygen atoms in total. The molecule has 0 aliphatic heterocycles. The van der Waals surface area contributed by atoms with Gasteiger partial charge in [-0.1, -0.05) is 13.8 Å². The fourth-order valence-electron chi connectivity index (χ4n) is 1.36. The van der Waals surface area contributed by atoms with Crippen LogP contribution in [0.2, 0.25) is 0 Å². The first-order valence-corrected chi connectivity index (χ1v) is 6.91. The second kappa shape index (κ2) is 7.76. The van der Waals surface area contributed by atoms with Crippen molar-refractivity contribution in [3.8, 4) is 0 Å². The van der Waals surface area contributed by atoms with Crippen molar-refractivity contribution in [3.05, 3.63) is 16.1 Å². The first-order valence-electron chi connectivity index (χ1n) is 6.03. The molecule has 0 aliphatic rings. The van der Waals surface area contributed by atoms with E-state index in [1.165, 1.54) is 0 Å². The molecule has 0 aliphatic carbocycles. The van der Waals surface area contributed by atoms with Crippen LogP contribution in [0, 0.1) is 0 Å². The van der Waals surface area contributed by atoms with Gasteiger partial charge in [0.1, 0.15) is 5.01 Å². The van der Waals surface area contributed by atoms with Gasteiger partial charge in [0.05, 0.1) is 12.3 Å². The lowest BCUT2D eigenvalue weighted by molar-refractivity contribution is 0.121. The molecular weight excluding hydrogens is 220 g/mol. The first-order chi connectivity index (χ1) is 7.77. The lowest BCUT2D eigenvalue weighted by atomic mass is 10.2. The summed E-state index contributed by atoms with van der Waals surface area (Å²) in [5.41, 5.74) is 1.13. The monoisotopic (exact) mass is 242 g/mol. The molecule has 1 heterocycles. The summed E-state index contributed by atoms with van der Waals surface area (Å²) < 4.78 is 5.47. The van der Waals surface area contributed by atoms with Gasteiger partial charge in [-0.2, -0.15) is 0 Å². The normalized spacial score (nSPS) is 12.9. The molecule has 1 rings (SSSR count). The van der Waals surface area contributed by atoms with E-state index in [-0.39, 0.29) is 0 Å². The maximum Gasteiger partial charge on any atom is 0.119 e. The van der Waals surface area contributed by atoms with Crippen molar-refractivity contribution in [1.29, 1.82) is 0 Å². The first kappa shape index (κ1) is 13.6. The molecule has 0 fully saturated rings. The molecule has 1 aromatic rings. The highest BCUT2D eigenvalue weighted by Crippen LogP contribution is 2.17. The largest absolute Gasteiger partial charge is 0.374 e. The van der Waals surface area contributed by atoms with Crippen LogP contribution in [0.25, 0.3) is 0 Å². The Morgan fingerprint density at radius 3 is 2.94 bits per heavy atom. The van der Waals surface area contributed by atoms with Crippen molar-refractivity contribution in [2.75, 3.05) is 13.2 Å². The third-order valence-electron chi connectivity index (χ3n) is 2.29. The standard InChI is InChI=1S/C12H22N2OS/c1-4-6-13-10(3)11-9-16-12(14-11)8-15-7-5-2/h9-10,13H,4-8H2,1-3H3. The molecule has 1 N–H and O–H groups in total. The van der Waals surface area contributed by atoms with E-state index in [2.05, 4.69) is 36.5 Å². The van der Waals surface area contributed by atoms with E-state index in [0.29, 0.717) is 12.6 Å². The number of rotatable bonds is 8. The van der Waals surface area contributed by atoms with Gasteiger partial charge in [0, 0.05) is 18.0 Å². The summed E-state index contributed by atoms with van der Waals surface area (Å²) >= 11 is 1.69. The molecule has 0 saturated heterocycles. The third-order valence-corrected chi connectivity index (χ3v) is 3.13. The van der Waals surface area contributed by atoms with Gasteiger partial charge in [0.25, 0.3) is 0 Å².